The molecule has 1 aliphatic heterocycles. The molecule has 10 heteroatoms. The van der Waals surface area contributed by atoms with E-state index in [1.807, 2.05) is 0 Å². The van der Waals surface area contributed by atoms with Crippen LogP contribution in [-0.4, -0.2) is 37.9 Å². The van der Waals surface area contributed by atoms with Crippen molar-refractivity contribution >= 4 is 27.4 Å². The van der Waals surface area contributed by atoms with Gasteiger partial charge < -0.3 is 10.1 Å². The largest absolute Gasteiger partial charge is 0.452 e. The summed E-state index contributed by atoms with van der Waals surface area (Å²) in [7, 11) is -3.31. The first kappa shape index (κ1) is 21.2. The van der Waals surface area contributed by atoms with Crippen LogP contribution in [0.25, 0.3) is 0 Å². The van der Waals surface area contributed by atoms with Crippen molar-refractivity contribution in [3.63, 3.8) is 0 Å². The normalized spacial score (nSPS) is 20.3. The van der Waals surface area contributed by atoms with Crippen molar-refractivity contribution in [2.75, 3.05) is 16.8 Å². The highest BCUT2D eigenvalue weighted by molar-refractivity contribution is 7.91. The highest BCUT2D eigenvalue weighted by Gasteiger charge is 2.38. The number of amides is 1. The van der Waals surface area contributed by atoms with Crippen LogP contribution in [0.15, 0.2) is 24.3 Å². The minimum Gasteiger partial charge on any atom is -0.452 e. The first-order valence-corrected chi connectivity index (χ1v) is 10.1. The Morgan fingerprint density at radius 2 is 1.85 bits per heavy atom. The number of nitrogens with one attached hydrogen (secondary N) is 1. The summed E-state index contributed by atoms with van der Waals surface area (Å²) in [5.74, 6) is -3.62. The van der Waals surface area contributed by atoms with Gasteiger partial charge in [-0.1, -0.05) is 26.0 Å². The maximum Gasteiger partial charge on any atom is 0.418 e. The van der Waals surface area contributed by atoms with Crippen LogP contribution in [0.4, 0.5) is 18.9 Å². The zero-order chi connectivity index (χ0) is 20.4. The van der Waals surface area contributed by atoms with Crippen LogP contribution in [0.5, 0.6) is 0 Å². The molecule has 1 N–H and O–H groups in total. The van der Waals surface area contributed by atoms with E-state index in [2.05, 4.69) is 5.32 Å². The molecule has 1 saturated heterocycles. The minimum absolute atomic E-state index is 0.102. The van der Waals surface area contributed by atoms with Gasteiger partial charge in [0.1, 0.15) is 0 Å². The summed E-state index contributed by atoms with van der Waals surface area (Å²) < 4.78 is 67.3. The SMILES string of the molecule is CC(C)C(OC(=O)C1CCS(=O)(=O)C1)C(=O)Nc1ccccc1C(F)(F)F. The van der Waals surface area contributed by atoms with Crippen LogP contribution in [0, 0.1) is 11.8 Å². The van der Waals surface area contributed by atoms with Crippen molar-refractivity contribution in [2.24, 2.45) is 11.8 Å². The number of anilines is 1. The summed E-state index contributed by atoms with van der Waals surface area (Å²) in [6.07, 6.45) is -5.90. The third-order valence-corrected chi connectivity index (χ3v) is 5.93. The Morgan fingerprint density at radius 3 is 2.37 bits per heavy atom. The van der Waals surface area contributed by atoms with E-state index < -0.39 is 57.1 Å². The molecule has 27 heavy (non-hydrogen) atoms. The summed E-state index contributed by atoms with van der Waals surface area (Å²) in [5, 5.41) is 2.16. The second kappa shape index (κ2) is 7.87. The number of halogens is 3. The molecule has 1 fully saturated rings. The van der Waals surface area contributed by atoms with Gasteiger partial charge in [-0.25, -0.2) is 8.42 Å². The van der Waals surface area contributed by atoms with Crippen molar-refractivity contribution in [3.8, 4) is 0 Å². The van der Waals surface area contributed by atoms with Gasteiger partial charge in [0, 0.05) is 0 Å². The fourth-order valence-corrected chi connectivity index (χ4v) is 4.46. The maximum absolute atomic E-state index is 13.1. The Labute approximate surface area is 155 Å². The van der Waals surface area contributed by atoms with Gasteiger partial charge in [0.15, 0.2) is 15.9 Å². The Hall–Kier alpha value is -2.10. The molecule has 2 rings (SSSR count). The molecule has 1 amide bonds. The highest BCUT2D eigenvalue weighted by Crippen LogP contribution is 2.34. The van der Waals surface area contributed by atoms with E-state index in [4.69, 9.17) is 4.74 Å². The molecular weight excluding hydrogens is 387 g/mol. The molecule has 0 radical (unpaired) electrons. The summed E-state index contributed by atoms with van der Waals surface area (Å²) >= 11 is 0. The zero-order valence-corrected chi connectivity index (χ0v) is 15.6. The van der Waals surface area contributed by atoms with Gasteiger partial charge in [-0.2, -0.15) is 13.2 Å². The molecule has 2 unspecified atom stereocenters. The third kappa shape index (κ3) is 5.44. The van der Waals surface area contributed by atoms with E-state index in [-0.39, 0.29) is 17.9 Å². The van der Waals surface area contributed by atoms with Crippen molar-refractivity contribution in [1.82, 2.24) is 0 Å². The smallest absolute Gasteiger partial charge is 0.418 e. The molecule has 0 aromatic heterocycles. The summed E-state index contributed by atoms with van der Waals surface area (Å²) in [5.41, 5.74) is -1.46. The molecule has 0 aliphatic carbocycles. The minimum atomic E-state index is -4.66. The van der Waals surface area contributed by atoms with Crippen molar-refractivity contribution in [1.29, 1.82) is 0 Å². The van der Waals surface area contributed by atoms with E-state index in [1.54, 1.807) is 13.8 Å². The van der Waals surface area contributed by atoms with Crippen LogP contribution in [0.1, 0.15) is 25.8 Å². The number of alkyl halides is 3. The molecule has 2 atom stereocenters. The van der Waals surface area contributed by atoms with E-state index >= 15 is 0 Å². The molecular formula is C17H20F3NO5S. The second-order valence-corrected chi connectivity index (χ2v) is 8.96. The molecule has 1 heterocycles. The molecule has 0 spiro atoms. The van der Waals surface area contributed by atoms with E-state index in [0.717, 1.165) is 12.1 Å². The van der Waals surface area contributed by atoms with Gasteiger partial charge in [0.2, 0.25) is 0 Å². The maximum atomic E-state index is 13.1. The standard InChI is InChI=1S/C17H20F3NO5S/c1-10(2)14(26-16(23)11-7-8-27(24,25)9-11)15(22)21-13-6-4-3-5-12(13)17(18,19)20/h3-6,10-11,14H,7-9H2,1-2H3,(H,21,22). The lowest BCUT2D eigenvalue weighted by atomic mass is 10.0. The van der Waals surface area contributed by atoms with Crippen LogP contribution in [0.3, 0.4) is 0 Å². The van der Waals surface area contributed by atoms with Crippen molar-refractivity contribution in [2.45, 2.75) is 32.5 Å². The van der Waals surface area contributed by atoms with E-state index in [1.165, 1.54) is 12.1 Å². The number of carbonyl (C=O) groups is 2. The first-order chi connectivity index (χ1) is 12.4. The summed E-state index contributed by atoms with van der Waals surface area (Å²) in [6.45, 7) is 3.14. The number of hydrogen-bond acceptors (Lipinski definition) is 5. The fraction of sp³-hybridized carbons (Fsp3) is 0.529. The lowest BCUT2D eigenvalue weighted by molar-refractivity contribution is -0.160. The molecule has 150 valence electrons. The summed E-state index contributed by atoms with van der Waals surface area (Å²) in [6, 6.07) is 4.46. The Balaban J connectivity index is 2.14. The topological polar surface area (TPSA) is 89.5 Å². The second-order valence-electron chi connectivity index (χ2n) is 6.73. The number of sulfone groups is 1. The average molecular weight is 407 g/mol. The average Bonchev–Trinajstić information content (AvgIpc) is 2.91. The molecule has 1 aliphatic rings. The Kier molecular flexibility index (Phi) is 6.18. The van der Waals surface area contributed by atoms with E-state index in [9.17, 15) is 31.2 Å². The number of ether oxygens (including phenoxy) is 1. The predicted molar refractivity (Wildman–Crippen MR) is 91.6 cm³/mol. The zero-order valence-electron chi connectivity index (χ0n) is 14.7. The molecule has 1 aromatic rings. The predicted octanol–water partition coefficient (Wildman–Crippen LogP) is 2.65. The number of para-hydroxylation sites is 1. The van der Waals surface area contributed by atoms with Gasteiger partial charge in [0.25, 0.3) is 5.91 Å². The lowest BCUT2D eigenvalue weighted by Crippen LogP contribution is -2.38. The van der Waals surface area contributed by atoms with Crippen LogP contribution in [0.2, 0.25) is 0 Å². The van der Waals surface area contributed by atoms with Gasteiger partial charge >= 0.3 is 12.1 Å². The third-order valence-electron chi connectivity index (χ3n) is 4.16. The Bertz CT molecular complexity index is 820. The fourth-order valence-electron chi connectivity index (χ4n) is 2.74. The molecule has 6 nitrogen and oxygen atoms in total. The Morgan fingerprint density at radius 1 is 1.22 bits per heavy atom. The monoisotopic (exact) mass is 407 g/mol. The van der Waals surface area contributed by atoms with Gasteiger partial charge in [-0.3, -0.25) is 9.59 Å². The molecule has 0 bridgehead atoms. The van der Waals surface area contributed by atoms with Gasteiger partial charge in [0.05, 0.1) is 28.7 Å². The molecule has 0 saturated carbocycles. The van der Waals surface area contributed by atoms with Crippen LogP contribution < -0.4 is 5.32 Å². The van der Waals surface area contributed by atoms with Crippen LogP contribution in [-0.2, 0) is 30.3 Å². The van der Waals surface area contributed by atoms with Gasteiger partial charge in [-0.05, 0) is 24.5 Å². The number of benzene rings is 1. The van der Waals surface area contributed by atoms with Crippen molar-refractivity contribution < 1.29 is 35.9 Å². The van der Waals surface area contributed by atoms with Crippen molar-refractivity contribution in [3.05, 3.63) is 29.8 Å². The quantitative estimate of drug-likeness (QED) is 0.758. The molecule has 1 aromatic carbocycles. The van der Waals surface area contributed by atoms with Crippen LogP contribution >= 0.6 is 0 Å². The summed E-state index contributed by atoms with van der Waals surface area (Å²) in [4.78, 5) is 24.6. The number of esters is 1. The number of rotatable bonds is 5. The first-order valence-electron chi connectivity index (χ1n) is 8.28. The van der Waals surface area contributed by atoms with Gasteiger partial charge in [-0.15, -0.1) is 0 Å². The number of carbonyl (C=O) groups excluding carboxylic acids is 2. The lowest BCUT2D eigenvalue weighted by Gasteiger charge is -2.23. The van der Waals surface area contributed by atoms with E-state index in [0.29, 0.717) is 0 Å². The number of hydrogen-bond donors (Lipinski definition) is 1. The highest BCUT2D eigenvalue weighted by atomic mass is 32.2.